The minimum atomic E-state index is -0.313. The summed E-state index contributed by atoms with van der Waals surface area (Å²) in [7, 11) is 1.65. The normalized spacial score (nSPS) is 20.2. The number of likely N-dealkylation sites (N-methyl/N-ethyl adjacent to an activating group) is 1. The molecule has 1 aromatic rings. The van der Waals surface area contributed by atoms with Gasteiger partial charge in [0.05, 0.1) is 12.0 Å². The molecule has 1 aliphatic carbocycles. The fourth-order valence-corrected chi connectivity index (χ4v) is 3.63. The third kappa shape index (κ3) is 3.43. The number of nitrogens with zero attached hydrogens (tertiary/aromatic N) is 2. The van der Waals surface area contributed by atoms with Gasteiger partial charge in [0.15, 0.2) is 0 Å². The van der Waals surface area contributed by atoms with E-state index in [2.05, 4.69) is 38.3 Å². The molecular formula is C17H22BrN3O2. The third-order valence-corrected chi connectivity index (χ3v) is 5.34. The SMILES string of the molecule is CNC(=O)CN1CCN(C(=O)C2(c3cccc(Br)c3)CC2)CC1. The second kappa shape index (κ2) is 6.61. The molecule has 1 heterocycles. The molecule has 0 bridgehead atoms. The fourth-order valence-electron chi connectivity index (χ4n) is 3.23. The number of benzene rings is 1. The van der Waals surface area contributed by atoms with Crippen LogP contribution in [0.2, 0.25) is 0 Å². The molecule has 6 heteroatoms. The lowest BCUT2D eigenvalue weighted by Gasteiger charge is -2.36. The standard InChI is InChI=1S/C17H22BrN3O2/c1-19-15(22)12-20-7-9-21(10-8-20)16(23)17(5-6-17)13-3-2-4-14(18)11-13/h2-4,11H,5-10,12H2,1H3,(H,19,22). The minimum absolute atomic E-state index is 0.0255. The molecule has 23 heavy (non-hydrogen) atoms. The highest BCUT2D eigenvalue weighted by atomic mass is 79.9. The minimum Gasteiger partial charge on any atom is -0.358 e. The molecule has 2 amide bonds. The van der Waals surface area contributed by atoms with Gasteiger partial charge in [0.2, 0.25) is 11.8 Å². The average molecular weight is 380 g/mol. The molecule has 1 saturated heterocycles. The Balaban J connectivity index is 1.63. The molecule has 0 unspecified atom stereocenters. The Morgan fingerprint density at radius 3 is 2.48 bits per heavy atom. The van der Waals surface area contributed by atoms with Crippen LogP contribution >= 0.6 is 15.9 Å². The summed E-state index contributed by atoms with van der Waals surface area (Å²) in [5.74, 6) is 0.271. The van der Waals surface area contributed by atoms with Gasteiger partial charge >= 0.3 is 0 Å². The van der Waals surface area contributed by atoms with E-state index in [1.54, 1.807) is 7.05 Å². The van der Waals surface area contributed by atoms with Crippen molar-refractivity contribution in [2.75, 3.05) is 39.8 Å². The Hall–Kier alpha value is -1.40. The van der Waals surface area contributed by atoms with Crippen molar-refractivity contribution in [1.82, 2.24) is 15.1 Å². The second-order valence-corrected chi connectivity index (χ2v) is 7.25. The first-order valence-corrected chi connectivity index (χ1v) is 8.83. The predicted octanol–water partition coefficient (Wildman–Crippen LogP) is 1.37. The van der Waals surface area contributed by atoms with E-state index in [1.807, 2.05) is 17.0 Å². The molecule has 0 aromatic heterocycles. The Morgan fingerprint density at radius 2 is 1.91 bits per heavy atom. The smallest absolute Gasteiger partial charge is 0.233 e. The largest absolute Gasteiger partial charge is 0.358 e. The van der Waals surface area contributed by atoms with Crippen molar-refractivity contribution in [3.63, 3.8) is 0 Å². The van der Waals surface area contributed by atoms with E-state index in [4.69, 9.17) is 0 Å². The number of carbonyl (C=O) groups excluding carboxylic acids is 2. The first kappa shape index (κ1) is 16.5. The topological polar surface area (TPSA) is 52.7 Å². The van der Waals surface area contributed by atoms with Crippen LogP contribution in [-0.2, 0) is 15.0 Å². The first-order chi connectivity index (χ1) is 11.0. The lowest BCUT2D eigenvalue weighted by atomic mass is 9.94. The summed E-state index contributed by atoms with van der Waals surface area (Å²) in [6, 6.07) is 8.10. The van der Waals surface area contributed by atoms with Crippen LogP contribution in [0.1, 0.15) is 18.4 Å². The van der Waals surface area contributed by atoms with E-state index in [0.717, 1.165) is 36.0 Å². The molecule has 1 aliphatic heterocycles. The van der Waals surface area contributed by atoms with Gasteiger partial charge in [-0.3, -0.25) is 14.5 Å². The summed E-state index contributed by atoms with van der Waals surface area (Å²) in [6.07, 6.45) is 1.86. The van der Waals surface area contributed by atoms with Gasteiger partial charge in [0, 0.05) is 37.7 Å². The number of hydrogen-bond acceptors (Lipinski definition) is 3. The van der Waals surface area contributed by atoms with Crippen molar-refractivity contribution in [3.8, 4) is 0 Å². The Morgan fingerprint density at radius 1 is 1.22 bits per heavy atom. The van der Waals surface area contributed by atoms with Gasteiger partial charge in [0.25, 0.3) is 0 Å². The Bertz CT molecular complexity index is 608. The van der Waals surface area contributed by atoms with Crippen LogP contribution in [0.5, 0.6) is 0 Å². The molecule has 1 aromatic carbocycles. The van der Waals surface area contributed by atoms with Crippen molar-refractivity contribution in [2.24, 2.45) is 0 Å². The molecule has 3 rings (SSSR count). The Kier molecular flexibility index (Phi) is 4.73. The van der Waals surface area contributed by atoms with Gasteiger partial charge in [-0.05, 0) is 30.5 Å². The van der Waals surface area contributed by atoms with E-state index in [-0.39, 0.29) is 17.2 Å². The van der Waals surface area contributed by atoms with Crippen LogP contribution in [-0.4, -0.2) is 61.4 Å². The van der Waals surface area contributed by atoms with Crippen LogP contribution in [0.15, 0.2) is 28.7 Å². The number of amides is 2. The number of piperazine rings is 1. The Labute approximate surface area is 145 Å². The summed E-state index contributed by atoms with van der Waals surface area (Å²) < 4.78 is 1.02. The van der Waals surface area contributed by atoms with Gasteiger partial charge < -0.3 is 10.2 Å². The first-order valence-electron chi connectivity index (χ1n) is 8.03. The van der Waals surface area contributed by atoms with E-state index in [0.29, 0.717) is 19.6 Å². The number of hydrogen-bond donors (Lipinski definition) is 1. The number of halogens is 1. The molecule has 0 atom stereocenters. The van der Waals surface area contributed by atoms with E-state index in [9.17, 15) is 9.59 Å². The number of rotatable bonds is 4. The summed E-state index contributed by atoms with van der Waals surface area (Å²) in [6.45, 7) is 3.33. The molecule has 124 valence electrons. The van der Waals surface area contributed by atoms with Crippen LogP contribution in [0.3, 0.4) is 0 Å². The molecule has 2 aliphatic rings. The zero-order valence-corrected chi connectivity index (χ0v) is 14.9. The van der Waals surface area contributed by atoms with E-state index >= 15 is 0 Å². The quantitative estimate of drug-likeness (QED) is 0.859. The van der Waals surface area contributed by atoms with Gasteiger partial charge in [0.1, 0.15) is 0 Å². The van der Waals surface area contributed by atoms with Gasteiger partial charge in [-0.15, -0.1) is 0 Å². The number of carbonyl (C=O) groups is 2. The fraction of sp³-hybridized carbons (Fsp3) is 0.529. The summed E-state index contributed by atoms with van der Waals surface area (Å²) in [5, 5.41) is 2.64. The maximum absolute atomic E-state index is 13.0. The molecule has 2 fully saturated rings. The molecule has 0 radical (unpaired) electrons. The van der Waals surface area contributed by atoms with Crippen molar-refractivity contribution in [2.45, 2.75) is 18.3 Å². The van der Waals surface area contributed by atoms with Crippen LogP contribution < -0.4 is 5.32 Å². The molecular weight excluding hydrogens is 358 g/mol. The molecule has 5 nitrogen and oxygen atoms in total. The molecule has 1 N–H and O–H groups in total. The van der Waals surface area contributed by atoms with Gasteiger partial charge in [-0.25, -0.2) is 0 Å². The zero-order valence-electron chi connectivity index (χ0n) is 13.3. The number of nitrogens with one attached hydrogen (secondary N) is 1. The van der Waals surface area contributed by atoms with Crippen molar-refractivity contribution < 1.29 is 9.59 Å². The monoisotopic (exact) mass is 379 g/mol. The van der Waals surface area contributed by atoms with Crippen LogP contribution in [0, 0.1) is 0 Å². The van der Waals surface area contributed by atoms with E-state index < -0.39 is 0 Å². The van der Waals surface area contributed by atoms with E-state index in [1.165, 1.54) is 0 Å². The molecule has 0 spiro atoms. The lowest BCUT2D eigenvalue weighted by molar-refractivity contribution is -0.136. The predicted molar refractivity (Wildman–Crippen MR) is 92.1 cm³/mol. The highest BCUT2D eigenvalue weighted by Gasteiger charge is 2.53. The third-order valence-electron chi connectivity index (χ3n) is 4.84. The maximum Gasteiger partial charge on any atom is 0.233 e. The van der Waals surface area contributed by atoms with Crippen molar-refractivity contribution in [3.05, 3.63) is 34.3 Å². The summed E-state index contributed by atoms with van der Waals surface area (Å²) in [5.41, 5.74) is 0.803. The lowest BCUT2D eigenvalue weighted by Crippen LogP contribution is -2.53. The van der Waals surface area contributed by atoms with Gasteiger partial charge in [-0.1, -0.05) is 28.1 Å². The second-order valence-electron chi connectivity index (χ2n) is 6.33. The van der Waals surface area contributed by atoms with Gasteiger partial charge in [-0.2, -0.15) is 0 Å². The van der Waals surface area contributed by atoms with Crippen molar-refractivity contribution >= 4 is 27.7 Å². The van der Waals surface area contributed by atoms with Crippen LogP contribution in [0.4, 0.5) is 0 Å². The van der Waals surface area contributed by atoms with Crippen molar-refractivity contribution in [1.29, 1.82) is 0 Å². The summed E-state index contributed by atoms with van der Waals surface area (Å²) >= 11 is 3.50. The average Bonchev–Trinajstić information content (AvgIpc) is 3.36. The highest BCUT2D eigenvalue weighted by Crippen LogP contribution is 2.50. The summed E-state index contributed by atoms with van der Waals surface area (Å²) in [4.78, 5) is 28.5. The highest BCUT2D eigenvalue weighted by molar-refractivity contribution is 9.10. The maximum atomic E-state index is 13.0. The molecule has 1 saturated carbocycles. The zero-order chi connectivity index (χ0) is 16.4. The van der Waals surface area contributed by atoms with Crippen LogP contribution in [0.25, 0.3) is 0 Å².